The van der Waals surface area contributed by atoms with Crippen molar-refractivity contribution in [2.24, 2.45) is 5.92 Å². The van der Waals surface area contributed by atoms with E-state index in [0.29, 0.717) is 0 Å². The summed E-state index contributed by atoms with van der Waals surface area (Å²) in [5.41, 5.74) is 1.01. The zero-order chi connectivity index (χ0) is 16.2. The number of hydrogen-bond acceptors (Lipinski definition) is 5. The van der Waals surface area contributed by atoms with Crippen molar-refractivity contribution >= 4 is 17.2 Å². The van der Waals surface area contributed by atoms with Crippen molar-refractivity contribution in [2.75, 3.05) is 6.61 Å². The summed E-state index contributed by atoms with van der Waals surface area (Å²) in [6.45, 7) is 3.74. The SMILES string of the molecule is CB(O)N[C@@H]1CCCC[C@H]1COS(=O)(=O)c1ccc(C)cc1. The summed E-state index contributed by atoms with van der Waals surface area (Å²) in [5, 5.41) is 12.6. The van der Waals surface area contributed by atoms with Gasteiger partial charge in [0.25, 0.3) is 10.1 Å². The highest BCUT2D eigenvalue weighted by molar-refractivity contribution is 7.86. The second-order valence-corrected chi connectivity index (χ2v) is 7.66. The van der Waals surface area contributed by atoms with Crippen LogP contribution in [-0.2, 0) is 14.3 Å². The van der Waals surface area contributed by atoms with Crippen LogP contribution in [0.5, 0.6) is 0 Å². The third-order valence-electron chi connectivity index (χ3n) is 4.11. The van der Waals surface area contributed by atoms with Crippen molar-refractivity contribution in [1.29, 1.82) is 0 Å². The van der Waals surface area contributed by atoms with Crippen molar-refractivity contribution < 1.29 is 17.6 Å². The molecule has 0 heterocycles. The lowest BCUT2D eigenvalue weighted by Gasteiger charge is -2.32. The van der Waals surface area contributed by atoms with Gasteiger partial charge in [0.2, 0.25) is 0 Å². The van der Waals surface area contributed by atoms with Crippen molar-refractivity contribution in [3.8, 4) is 0 Å². The Hall–Kier alpha value is -0.885. The number of hydrogen-bond donors (Lipinski definition) is 2. The highest BCUT2D eigenvalue weighted by Gasteiger charge is 2.28. The quantitative estimate of drug-likeness (QED) is 0.618. The Morgan fingerprint density at radius 2 is 1.91 bits per heavy atom. The minimum Gasteiger partial charge on any atom is -0.437 e. The lowest BCUT2D eigenvalue weighted by Crippen LogP contribution is -2.47. The summed E-state index contributed by atoms with van der Waals surface area (Å²) < 4.78 is 29.7. The fourth-order valence-corrected chi connectivity index (χ4v) is 3.85. The number of nitrogens with one attached hydrogen (secondary N) is 1. The second-order valence-electron chi connectivity index (χ2n) is 6.05. The van der Waals surface area contributed by atoms with E-state index in [4.69, 9.17) is 4.18 Å². The molecule has 2 N–H and O–H groups in total. The minimum absolute atomic E-state index is 0.0990. The maximum Gasteiger partial charge on any atom is 0.373 e. The van der Waals surface area contributed by atoms with Crippen LogP contribution in [0.2, 0.25) is 6.82 Å². The molecule has 122 valence electrons. The average molecular weight is 325 g/mol. The topological polar surface area (TPSA) is 75.6 Å². The largest absolute Gasteiger partial charge is 0.437 e. The van der Waals surface area contributed by atoms with Gasteiger partial charge >= 0.3 is 7.05 Å². The van der Waals surface area contributed by atoms with Gasteiger partial charge in [0.1, 0.15) is 0 Å². The van der Waals surface area contributed by atoms with Gasteiger partial charge in [-0.2, -0.15) is 8.42 Å². The molecule has 0 spiro atoms. The maximum atomic E-state index is 12.2. The molecule has 2 rings (SSSR count). The van der Waals surface area contributed by atoms with Crippen molar-refractivity contribution in [3.63, 3.8) is 0 Å². The second kappa shape index (κ2) is 7.59. The fraction of sp³-hybridized carbons (Fsp3) is 0.600. The highest BCUT2D eigenvalue weighted by atomic mass is 32.2. The summed E-state index contributed by atoms with van der Waals surface area (Å²) in [7, 11) is -4.32. The number of benzene rings is 1. The van der Waals surface area contributed by atoms with Crippen LogP contribution in [0, 0.1) is 12.8 Å². The lowest BCUT2D eigenvalue weighted by molar-refractivity contribution is 0.182. The Bertz CT molecular complexity index is 574. The standard InChI is InChI=1S/C15H24BNO4S/c1-12-7-9-14(10-8-12)22(19,20)21-11-13-5-3-4-6-15(13)17-16(2)18/h7-10,13,15,17-18H,3-6,11H2,1-2H3/t13-,15+/m0/s1. The smallest absolute Gasteiger partial charge is 0.373 e. The summed E-state index contributed by atoms with van der Waals surface area (Å²) >= 11 is 0. The first kappa shape index (κ1) is 17.5. The summed E-state index contributed by atoms with van der Waals surface area (Å²) in [4.78, 5) is 0.189. The summed E-state index contributed by atoms with van der Waals surface area (Å²) in [6.07, 6.45) is 4.00. The molecule has 0 bridgehead atoms. The number of rotatable bonds is 6. The molecule has 5 nitrogen and oxygen atoms in total. The van der Waals surface area contributed by atoms with E-state index in [0.717, 1.165) is 31.2 Å². The predicted octanol–water partition coefficient (Wildman–Crippen LogP) is 1.96. The molecular weight excluding hydrogens is 301 g/mol. The Kier molecular flexibility index (Phi) is 6.03. The summed E-state index contributed by atoms with van der Waals surface area (Å²) in [5.74, 6) is 0.101. The Morgan fingerprint density at radius 1 is 1.27 bits per heavy atom. The first-order chi connectivity index (χ1) is 10.4. The summed E-state index contributed by atoms with van der Waals surface area (Å²) in [6, 6.07) is 6.75. The van der Waals surface area contributed by atoms with E-state index in [1.807, 2.05) is 6.92 Å². The zero-order valence-corrected chi connectivity index (χ0v) is 14.0. The Morgan fingerprint density at radius 3 is 2.55 bits per heavy atom. The monoisotopic (exact) mass is 325 g/mol. The van der Waals surface area contributed by atoms with Crippen LogP contribution in [0.4, 0.5) is 0 Å². The van der Waals surface area contributed by atoms with Gasteiger partial charge in [-0.1, -0.05) is 30.5 Å². The van der Waals surface area contributed by atoms with Crippen LogP contribution >= 0.6 is 0 Å². The van der Waals surface area contributed by atoms with Gasteiger partial charge in [-0.15, -0.1) is 0 Å². The molecule has 1 aliphatic carbocycles. The first-order valence-electron chi connectivity index (χ1n) is 7.79. The maximum absolute atomic E-state index is 12.2. The van der Waals surface area contributed by atoms with Crippen LogP contribution in [0.15, 0.2) is 29.2 Å². The van der Waals surface area contributed by atoms with Gasteiger partial charge < -0.3 is 10.3 Å². The molecule has 0 radical (unpaired) electrons. The number of aryl methyl sites for hydroxylation is 1. The molecule has 1 aromatic rings. The third kappa shape index (κ3) is 4.81. The molecule has 0 aromatic heterocycles. The zero-order valence-electron chi connectivity index (χ0n) is 13.2. The molecule has 1 saturated carbocycles. The van der Waals surface area contributed by atoms with Crippen molar-refractivity contribution in [3.05, 3.63) is 29.8 Å². The Balaban J connectivity index is 1.99. The molecule has 2 atom stereocenters. The van der Waals surface area contributed by atoms with E-state index >= 15 is 0 Å². The highest BCUT2D eigenvalue weighted by Crippen LogP contribution is 2.26. The minimum atomic E-state index is -3.72. The molecule has 0 unspecified atom stereocenters. The van der Waals surface area contributed by atoms with E-state index in [9.17, 15) is 13.4 Å². The van der Waals surface area contributed by atoms with Crippen LogP contribution in [0.25, 0.3) is 0 Å². The van der Waals surface area contributed by atoms with Crippen LogP contribution < -0.4 is 5.23 Å². The first-order valence-corrected chi connectivity index (χ1v) is 9.19. The molecule has 0 saturated heterocycles. The van der Waals surface area contributed by atoms with Crippen LogP contribution in [0.1, 0.15) is 31.2 Å². The van der Waals surface area contributed by atoms with Gasteiger partial charge in [0.05, 0.1) is 11.5 Å². The van der Waals surface area contributed by atoms with Crippen LogP contribution in [-0.4, -0.2) is 33.1 Å². The third-order valence-corrected chi connectivity index (χ3v) is 5.41. The Labute approximate surface area is 133 Å². The fourth-order valence-electron chi connectivity index (χ4n) is 2.89. The van der Waals surface area contributed by atoms with Gasteiger partial charge in [-0.25, -0.2) is 0 Å². The molecule has 0 amide bonds. The lowest BCUT2D eigenvalue weighted by atomic mass is 9.79. The molecule has 1 fully saturated rings. The van der Waals surface area contributed by atoms with Crippen LogP contribution in [0.3, 0.4) is 0 Å². The molecule has 1 aromatic carbocycles. The molecule has 0 aliphatic heterocycles. The van der Waals surface area contributed by atoms with Gasteiger partial charge in [0.15, 0.2) is 0 Å². The van der Waals surface area contributed by atoms with E-state index in [2.05, 4.69) is 5.23 Å². The average Bonchev–Trinajstić information content (AvgIpc) is 2.46. The van der Waals surface area contributed by atoms with Gasteiger partial charge in [-0.3, -0.25) is 4.18 Å². The normalized spacial score (nSPS) is 22.5. The van der Waals surface area contributed by atoms with E-state index in [1.165, 1.54) is 0 Å². The molecule has 7 heteroatoms. The molecule has 1 aliphatic rings. The van der Waals surface area contributed by atoms with Crippen molar-refractivity contribution in [2.45, 2.75) is 50.4 Å². The van der Waals surface area contributed by atoms with Gasteiger partial charge in [0, 0.05) is 6.04 Å². The molecular formula is C15H24BNO4S. The van der Waals surface area contributed by atoms with E-state index in [1.54, 1.807) is 31.1 Å². The molecule has 22 heavy (non-hydrogen) atoms. The van der Waals surface area contributed by atoms with E-state index in [-0.39, 0.29) is 23.5 Å². The van der Waals surface area contributed by atoms with Crippen molar-refractivity contribution in [1.82, 2.24) is 5.23 Å². The predicted molar refractivity (Wildman–Crippen MR) is 87.0 cm³/mol. The van der Waals surface area contributed by atoms with Gasteiger partial charge in [-0.05, 0) is 44.6 Å². The van der Waals surface area contributed by atoms with E-state index < -0.39 is 17.2 Å².